The predicted octanol–water partition coefficient (Wildman–Crippen LogP) is 7.84. The van der Waals surface area contributed by atoms with E-state index in [0.717, 1.165) is 22.9 Å². The maximum atomic E-state index is 6.01. The minimum absolute atomic E-state index is 0.419. The summed E-state index contributed by atoms with van der Waals surface area (Å²) in [7, 11) is 0. The van der Waals surface area contributed by atoms with Gasteiger partial charge in [-0.05, 0) is 66.9 Å². The number of hydrogen-bond donors (Lipinski definition) is 0. The molecule has 25 heavy (non-hydrogen) atoms. The smallest absolute Gasteiger partial charge is 0.0600 e. The van der Waals surface area contributed by atoms with E-state index in [-0.39, 0.29) is 0 Å². The van der Waals surface area contributed by atoms with Gasteiger partial charge in [0, 0.05) is 19.8 Å². The average molecular weight is 405 g/mol. The van der Waals surface area contributed by atoms with E-state index in [4.69, 9.17) is 23.2 Å². The van der Waals surface area contributed by atoms with Crippen molar-refractivity contribution in [3.8, 4) is 0 Å². The zero-order valence-corrected chi connectivity index (χ0v) is 16.7. The quantitative estimate of drug-likeness (QED) is 0.290. The third-order valence-corrected chi connectivity index (χ3v) is 6.84. The fourth-order valence-corrected chi connectivity index (χ4v) is 5.18. The van der Waals surface area contributed by atoms with Crippen LogP contribution in [-0.4, -0.2) is 4.58 Å². The zero-order valence-electron chi connectivity index (χ0n) is 13.6. The molecule has 0 amide bonds. The third-order valence-electron chi connectivity index (χ3n) is 3.67. The lowest BCUT2D eigenvalue weighted by molar-refractivity contribution is 0.903. The van der Waals surface area contributed by atoms with Crippen molar-refractivity contribution in [2.45, 2.75) is 27.2 Å². The summed E-state index contributed by atoms with van der Waals surface area (Å²) in [5.41, 5.74) is 1.38. The second kappa shape index (κ2) is 9.59. The van der Waals surface area contributed by atoms with Crippen molar-refractivity contribution in [1.29, 1.82) is 0 Å². The van der Waals surface area contributed by atoms with Crippen LogP contribution in [0.5, 0.6) is 0 Å². The standard InChI is InChI=1S/C21H18Cl2S2/c22-17-7-11-19(12-8-17)24-21(15-6-16-4-2-1-3-5-16)25-20-13-9-18(23)10-14-20/h1-5,7-14,21H,6,15H2. The van der Waals surface area contributed by atoms with Crippen LogP contribution >= 0.6 is 46.7 Å². The van der Waals surface area contributed by atoms with E-state index in [0.29, 0.717) is 4.58 Å². The van der Waals surface area contributed by atoms with Crippen molar-refractivity contribution in [2.24, 2.45) is 0 Å². The Labute approximate surface area is 167 Å². The van der Waals surface area contributed by atoms with Gasteiger partial charge in [0.2, 0.25) is 0 Å². The van der Waals surface area contributed by atoms with Gasteiger partial charge in [-0.15, -0.1) is 23.5 Å². The van der Waals surface area contributed by atoms with E-state index >= 15 is 0 Å². The second-order valence-electron chi connectivity index (χ2n) is 5.60. The van der Waals surface area contributed by atoms with Gasteiger partial charge >= 0.3 is 0 Å². The number of thioether (sulfide) groups is 2. The molecular formula is C21H18Cl2S2. The Morgan fingerprint density at radius 2 is 1.12 bits per heavy atom. The highest BCUT2D eigenvalue weighted by atomic mass is 35.5. The zero-order chi connectivity index (χ0) is 17.5. The molecule has 0 N–H and O–H groups in total. The van der Waals surface area contributed by atoms with Crippen LogP contribution in [0.25, 0.3) is 0 Å². The molecule has 0 heterocycles. The van der Waals surface area contributed by atoms with Gasteiger partial charge in [0.25, 0.3) is 0 Å². The third kappa shape index (κ3) is 6.31. The highest BCUT2D eigenvalue weighted by Crippen LogP contribution is 2.38. The molecule has 3 aromatic rings. The van der Waals surface area contributed by atoms with Crippen molar-refractivity contribution in [1.82, 2.24) is 0 Å². The molecule has 0 aromatic heterocycles. The molecule has 0 unspecified atom stereocenters. The van der Waals surface area contributed by atoms with Gasteiger partial charge in [0.05, 0.1) is 4.58 Å². The molecule has 0 aliphatic heterocycles. The van der Waals surface area contributed by atoms with Crippen LogP contribution in [0.4, 0.5) is 0 Å². The molecule has 0 saturated carbocycles. The van der Waals surface area contributed by atoms with Crippen LogP contribution in [0.3, 0.4) is 0 Å². The van der Waals surface area contributed by atoms with Gasteiger partial charge in [-0.1, -0.05) is 53.5 Å². The van der Waals surface area contributed by atoms with Crippen molar-refractivity contribution in [3.63, 3.8) is 0 Å². The first-order valence-electron chi connectivity index (χ1n) is 8.07. The molecular weight excluding hydrogens is 387 g/mol. The predicted molar refractivity (Wildman–Crippen MR) is 113 cm³/mol. The fraction of sp³-hybridized carbons (Fsp3) is 0.143. The molecule has 0 aliphatic carbocycles. The normalized spacial score (nSPS) is 11.0. The van der Waals surface area contributed by atoms with Gasteiger partial charge in [0.1, 0.15) is 0 Å². The van der Waals surface area contributed by atoms with Gasteiger partial charge in [-0.3, -0.25) is 0 Å². The van der Waals surface area contributed by atoms with E-state index in [1.54, 1.807) is 0 Å². The molecule has 0 fully saturated rings. The number of aryl methyl sites for hydroxylation is 1. The van der Waals surface area contributed by atoms with Crippen LogP contribution < -0.4 is 0 Å². The van der Waals surface area contributed by atoms with E-state index < -0.39 is 0 Å². The van der Waals surface area contributed by atoms with Crippen LogP contribution in [0.2, 0.25) is 10.0 Å². The lowest BCUT2D eigenvalue weighted by atomic mass is 10.1. The summed E-state index contributed by atoms with van der Waals surface area (Å²) >= 11 is 15.8. The van der Waals surface area contributed by atoms with Gasteiger partial charge in [-0.25, -0.2) is 0 Å². The molecule has 0 atom stereocenters. The van der Waals surface area contributed by atoms with Crippen molar-refractivity contribution in [2.75, 3.05) is 0 Å². The van der Waals surface area contributed by atoms with Gasteiger partial charge in [-0.2, -0.15) is 0 Å². The maximum absolute atomic E-state index is 6.01. The lowest BCUT2D eigenvalue weighted by Gasteiger charge is -2.17. The monoisotopic (exact) mass is 404 g/mol. The van der Waals surface area contributed by atoms with Crippen LogP contribution in [0.1, 0.15) is 12.0 Å². The average Bonchev–Trinajstić information content (AvgIpc) is 2.64. The summed E-state index contributed by atoms with van der Waals surface area (Å²) in [6.07, 6.45) is 2.15. The molecule has 128 valence electrons. The van der Waals surface area contributed by atoms with Crippen LogP contribution in [0, 0.1) is 0 Å². The Bertz CT molecular complexity index is 724. The molecule has 0 saturated heterocycles. The van der Waals surface area contributed by atoms with E-state index in [1.165, 1.54) is 15.4 Å². The summed E-state index contributed by atoms with van der Waals surface area (Å²) in [4.78, 5) is 2.48. The summed E-state index contributed by atoms with van der Waals surface area (Å²) in [5, 5.41) is 1.55. The number of rotatable bonds is 7. The Balaban J connectivity index is 1.70. The van der Waals surface area contributed by atoms with Crippen molar-refractivity contribution in [3.05, 3.63) is 94.5 Å². The van der Waals surface area contributed by atoms with E-state index in [2.05, 4.69) is 54.6 Å². The van der Waals surface area contributed by atoms with E-state index in [1.807, 2.05) is 47.8 Å². The summed E-state index contributed by atoms with van der Waals surface area (Å²) in [6, 6.07) is 26.8. The lowest BCUT2D eigenvalue weighted by Crippen LogP contribution is -2.00. The van der Waals surface area contributed by atoms with Crippen molar-refractivity contribution < 1.29 is 0 Å². The highest BCUT2D eigenvalue weighted by Gasteiger charge is 2.13. The number of benzene rings is 3. The van der Waals surface area contributed by atoms with E-state index in [9.17, 15) is 0 Å². The molecule has 4 heteroatoms. The van der Waals surface area contributed by atoms with Crippen LogP contribution in [0.15, 0.2) is 88.7 Å². The molecule has 0 radical (unpaired) electrons. The van der Waals surface area contributed by atoms with Gasteiger partial charge in [0.15, 0.2) is 0 Å². The molecule has 0 spiro atoms. The first-order valence-corrected chi connectivity index (χ1v) is 10.6. The molecule has 0 aliphatic rings. The SMILES string of the molecule is Clc1ccc(SC(CCc2ccccc2)Sc2ccc(Cl)cc2)cc1. The fourth-order valence-electron chi connectivity index (χ4n) is 2.40. The summed E-state index contributed by atoms with van der Waals surface area (Å²) in [5.74, 6) is 0. The highest BCUT2D eigenvalue weighted by molar-refractivity contribution is 8.17. The Kier molecular flexibility index (Phi) is 7.18. The minimum Gasteiger partial charge on any atom is -0.111 e. The van der Waals surface area contributed by atoms with Crippen LogP contribution in [-0.2, 0) is 6.42 Å². The Morgan fingerprint density at radius 1 is 0.640 bits per heavy atom. The molecule has 0 nitrogen and oxygen atoms in total. The number of halogens is 2. The minimum atomic E-state index is 0.419. The molecule has 3 aromatic carbocycles. The van der Waals surface area contributed by atoms with Crippen molar-refractivity contribution >= 4 is 46.7 Å². The largest absolute Gasteiger partial charge is 0.111 e. The summed E-state index contributed by atoms with van der Waals surface area (Å²) < 4.78 is 0.419. The topological polar surface area (TPSA) is 0 Å². The molecule has 0 bridgehead atoms. The maximum Gasteiger partial charge on any atom is 0.0600 e. The van der Waals surface area contributed by atoms with Gasteiger partial charge < -0.3 is 0 Å². The second-order valence-corrected chi connectivity index (χ2v) is 9.32. The first-order chi connectivity index (χ1) is 12.2. The molecule has 3 rings (SSSR count). The Morgan fingerprint density at radius 3 is 1.60 bits per heavy atom. The first kappa shape index (κ1) is 18.7. The number of hydrogen-bond acceptors (Lipinski definition) is 2. The Hall–Kier alpha value is -1.06. The summed E-state index contributed by atoms with van der Waals surface area (Å²) in [6.45, 7) is 0.